The molecule has 0 saturated heterocycles. The number of aryl methyl sites for hydroxylation is 2. The first-order valence-corrected chi connectivity index (χ1v) is 11.2. The number of fused-ring (bicyclic) bond motifs is 1. The predicted molar refractivity (Wildman–Crippen MR) is 110 cm³/mol. The lowest BCUT2D eigenvalue weighted by Crippen LogP contribution is -2.50. The number of ether oxygens (including phenoxy) is 1. The van der Waals surface area contributed by atoms with Crippen molar-refractivity contribution in [2.24, 2.45) is 0 Å². The van der Waals surface area contributed by atoms with E-state index in [0.29, 0.717) is 11.4 Å². The molecule has 150 valence electrons. The third kappa shape index (κ3) is 4.30. The summed E-state index contributed by atoms with van der Waals surface area (Å²) >= 11 is 0. The average Bonchev–Trinajstić information content (AvgIpc) is 2.66. The Labute approximate surface area is 166 Å². The third-order valence-electron chi connectivity index (χ3n) is 4.92. The van der Waals surface area contributed by atoms with Crippen LogP contribution < -0.4 is 14.4 Å². The Morgan fingerprint density at radius 3 is 2.54 bits per heavy atom. The SMILES string of the molecule is CCc1ccc([C@@H](C)NC(=O)[C@H]2CN(S(C)(=O)=O)c3ccc(C)cc3O2)cc1. The smallest absolute Gasteiger partial charge is 0.263 e. The number of sulfonamides is 1. The molecule has 6 nitrogen and oxygen atoms in total. The standard InChI is InChI=1S/C21H26N2O4S/c1-5-16-7-9-17(10-8-16)15(3)22-21(24)20-13-23(28(4,25)26)18-11-6-14(2)12-19(18)27-20/h6-12,15,20H,5,13H2,1-4H3,(H,22,24)/t15-,20-/m1/s1. The van der Waals surface area contributed by atoms with Crippen molar-refractivity contribution < 1.29 is 17.9 Å². The van der Waals surface area contributed by atoms with Crippen LogP contribution in [0, 0.1) is 6.92 Å². The van der Waals surface area contributed by atoms with E-state index in [4.69, 9.17) is 4.74 Å². The number of anilines is 1. The monoisotopic (exact) mass is 402 g/mol. The van der Waals surface area contributed by atoms with Crippen molar-refractivity contribution in [1.82, 2.24) is 5.32 Å². The lowest BCUT2D eigenvalue weighted by molar-refractivity contribution is -0.128. The van der Waals surface area contributed by atoms with Crippen LogP contribution in [0.3, 0.4) is 0 Å². The third-order valence-corrected chi connectivity index (χ3v) is 6.07. The molecule has 0 saturated carbocycles. The van der Waals surface area contributed by atoms with E-state index in [1.807, 2.05) is 44.2 Å². The van der Waals surface area contributed by atoms with E-state index in [1.165, 1.54) is 9.87 Å². The van der Waals surface area contributed by atoms with Crippen LogP contribution in [-0.2, 0) is 21.2 Å². The fourth-order valence-corrected chi connectivity index (χ4v) is 4.16. The van der Waals surface area contributed by atoms with Gasteiger partial charge in [0.05, 0.1) is 24.5 Å². The topological polar surface area (TPSA) is 75.7 Å². The van der Waals surface area contributed by atoms with Crippen LogP contribution in [-0.4, -0.2) is 33.2 Å². The Bertz CT molecular complexity index is 970. The van der Waals surface area contributed by atoms with Crippen molar-refractivity contribution in [2.45, 2.75) is 39.3 Å². The number of hydrogen-bond donors (Lipinski definition) is 1. The average molecular weight is 403 g/mol. The highest BCUT2D eigenvalue weighted by Gasteiger charge is 2.35. The number of hydrogen-bond acceptors (Lipinski definition) is 4. The molecule has 2 atom stereocenters. The quantitative estimate of drug-likeness (QED) is 0.834. The molecule has 7 heteroatoms. The van der Waals surface area contributed by atoms with Crippen LogP contribution in [0.2, 0.25) is 0 Å². The molecule has 1 amide bonds. The first-order valence-electron chi connectivity index (χ1n) is 9.33. The summed E-state index contributed by atoms with van der Waals surface area (Å²) in [6, 6.07) is 13.1. The Hall–Kier alpha value is -2.54. The molecule has 0 spiro atoms. The number of rotatable bonds is 5. The number of carbonyl (C=O) groups excluding carboxylic acids is 1. The zero-order valence-corrected chi connectivity index (χ0v) is 17.4. The van der Waals surface area contributed by atoms with Gasteiger partial charge in [-0.2, -0.15) is 0 Å². The van der Waals surface area contributed by atoms with Gasteiger partial charge in [0.25, 0.3) is 5.91 Å². The number of carbonyl (C=O) groups is 1. The van der Waals surface area contributed by atoms with E-state index in [-0.39, 0.29) is 18.5 Å². The van der Waals surface area contributed by atoms with Crippen molar-refractivity contribution in [3.05, 3.63) is 59.2 Å². The second-order valence-electron chi connectivity index (χ2n) is 7.20. The van der Waals surface area contributed by atoms with Gasteiger partial charge in [-0.05, 0) is 49.1 Å². The zero-order valence-electron chi connectivity index (χ0n) is 16.6. The highest BCUT2D eigenvalue weighted by molar-refractivity contribution is 7.92. The predicted octanol–water partition coefficient (Wildman–Crippen LogP) is 2.96. The van der Waals surface area contributed by atoms with Crippen molar-refractivity contribution in [3.63, 3.8) is 0 Å². The Morgan fingerprint density at radius 1 is 1.25 bits per heavy atom. The first kappa shape index (κ1) is 20.2. The summed E-state index contributed by atoms with van der Waals surface area (Å²) in [5, 5.41) is 2.94. The van der Waals surface area contributed by atoms with Gasteiger partial charge in [-0.15, -0.1) is 0 Å². The molecule has 0 bridgehead atoms. The first-order chi connectivity index (χ1) is 13.2. The van der Waals surface area contributed by atoms with Gasteiger partial charge in [-0.1, -0.05) is 37.3 Å². The lowest BCUT2D eigenvalue weighted by atomic mass is 10.0. The number of nitrogens with zero attached hydrogens (tertiary/aromatic N) is 1. The molecule has 2 aromatic carbocycles. The summed E-state index contributed by atoms with van der Waals surface area (Å²) in [4.78, 5) is 12.8. The summed E-state index contributed by atoms with van der Waals surface area (Å²) < 4.78 is 31.6. The molecular formula is C21H26N2O4S. The minimum atomic E-state index is -3.53. The summed E-state index contributed by atoms with van der Waals surface area (Å²) in [5.74, 6) is 0.0599. The van der Waals surface area contributed by atoms with Crippen LogP contribution in [0.4, 0.5) is 5.69 Å². The van der Waals surface area contributed by atoms with Gasteiger partial charge in [0, 0.05) is 0 Å². The number of benzene rings is 2. The molecular weight excluding hydrogens is 376 g/mol. The molecule has 2 aromatic rings. The molecule has 0 aliphatic carbocycles. The van der Waals surface area contributed by atoms with Crippen LogP contribution in [0.25, 0.3) is 0 Å². The van der Waals surface area contributed by atoms with E-state index < -0.39 is 16.1 Å². The van der Waals surface area contributed by atoms with Gasteiger partial charge in [-0.3, -0.25) is 9.10 Å². The van der Waals surface area contributed by atoms with Crippen LogP contribution in [0.15, 0.2) is 42.5 Å². The number of nitrogens with one attached hydrogen (secondary N) is 1. The fourth-order valence-electron chi connectivity index (χ4n) is 3.24. The molecule has 1 aliphatic heterocycles. The van der Waals surface area contributed by atoms with E-state index in [0.717, 1.165) is 23.8 Å². The molecule has 1 N–H and O–H groups in total. The van der Waals surface area contributed by atoms with Crippen molar-refractivity contribution in [1.29, 1.82) is 0 Å². The van der Waals surface area contributed by atoms with Gasteiger partial charge in [0.2, 0.25) is 10.0 Å². The molecule has 1 heterocycles. The van der Waals surface area contributed by atoms with Gasteiger partial charge in [0.1, 0.15) is 5.75 Å². The summed E-state index contributed by atoms with van der Waals surface area (Å²) in [7, 11) is -3.53. The summed E-state index contributed by atoms with van der Waals surface area (Å²) in [6.07, 6.45) is 1.17. The van der Waals surface area contributed by atoms with E-state index >= 15 is 0 Å². The largest absolute Gasteiger partial charge is 0.476 e. The Morgan fingerprint density at radius 2 is 1.93 bits per heavy atom. The van der Waals surface area contributed by atoms with Crippen molar-refractivity contribution in [2.75, 3.05) is 17.1 Å². The summed E-state index contributed by atoms with van der Waals surface area (Å²) in [5.41, 5.74) is 3.60. The highest BCUT2D eigenvalue weighted by Crippen LogP contribution is 2.35. The number of amides is 1. The van der Waals surface area contributed by atoms with Crippen molar-refractivity contribution in [3.8, 4) is 5.75 Å². The highest BCUT2D eigenvalue weighted by atomic mass is 32.2. The molecule has 0 aromatic heterocycles. The maximum absolute atomic E-state index is 12.8. The maximum atomic E-state index is 12.8. The van der Waals surface area contributed by atoms with Crippen LogP contribution in [0.1, 0.15) is 36.6 Å². The van der Waals surface area contributed by atoms with Crippen molar-refractivity contribution >= 4 is 21.6 Å². The van der Waals surface area contributed by atoms with Gasteiger partial charge in [0.15, 0.2) is 6.10 Å². The molecule has 0 radical (unpaired) electrons. The van der Waals surface area contributed by atoms with E-state index in [9.17, 15) is 13.2 Å². The van der Waals surface area contributed by atoms with Gasteiger partial charge in [-0.25, -0.2) is 8.42 Å². The maximum Gasteiger partial charge on any atom is 0.263 e. The minimum absolute atomic E-state index is 0.0534. The fraction of sp³-hybridized carbons (Fsp3) is 0.381. The molecule has 0 unspecified atom stereocenters. The van der Waals surface area contributed by atoms with E-state index in [1.54, 1.807) is 12.1 Å². The molecule has 1 aliphatic rings. The molecule has 28 heavy (non-hydrogen) atoms. The minimum Gasteiger partial charge on any atom is -0.476 e. The molecule has 0 fully saturated rings. The lowest BCUT2D eigenvalue weighted by Gasteiger charge is -2.34. The zero-order chi connectivity index (χ0) is 20.5. The normalized spacial score (nSPS) is 17.4. The second-order valence-corrected chi connectivity index (χ2v) is 9.10. The Balaban J connectivity index is 1.79. The molecule has 3 rings (SSSR count). The van der Waals surface area contributed by atoms with Crippen LogP contribution in [0.5, 0.6) is 5.75 Å². The van der Waals surface area contributed by atoms with Gasteiger partial charge >= 0.3 is 0 Å². The van der Waals surface area contributed by atoms with Gasteiger partial charge < -0.3 is 10.1 Å². The van der Waals surface area contributed by atoms with E-state index in [2.05, 4.69) is 12.2 Å². The summed E-state index contributed by atoms with van der Waals surface area (Å²) in [6.45, 7) is 5.82. The second kappa shape index (κ2) is 7.83. The Kier molecular flexibility index (Phi) is 5.65. The van der Waals surface area contributed by atoms with Crippen LogP contribution >= 0.6 is 0 Å².